The van der Waals surface area contributed by atoms with Gasteiger partial charge >= 0.3 is 5.97 Å². The van der Waals surface area contributed by atoms with Crippen molar-refractivity contribution < 1.29 is 18.3 Å². The highest BCUT2D eigenvalue weighted by atomic mass is 79.9. The summed E-state index contributed by atoms with van der Waals surface area (Å²) in [7, 11) is 0. The molecule has 0 N–H and O–H groups in total. The third-order valence-electron chi connectivity index (χ3n) is 2.90. The van der Waals surface area contributed by atoms with E-state index in [1.165, 1.54) is 17.8 Å². The first-order valence-electron chi connectivity index (χ1n) is 6.56. The summed E-state index contributed by atoms with van der Waals surface area (Å²) in [5.74, 6) is -2.51. The van der Waals surface area contributed by atoms with Gasteiger partial charge in [0.25, 0.3) is 0 Å². The molecule has 2 aromatic carbocycles. The Labute approximate surface area is 140 Å². The average molecular weight is 387 g/mol. The normalized spacial score (nSPS) is 10.5. The van der Waals surface area contributed by atoms with E-state index in [0.29, 0.717) is 0 Å². The van der Waals surface area contributed by atoms with Crippen LogP contribution in [0.25, 0.3) is 0 Å². The van der Waals surface area contributed by atoms with E-state index in [-0.39, 0.29) is 23.5 Å². The topological polar surface area (TPSA) is 26.3 Å². The number of hydrogen-bond acceptors (Lipinski definition) is 3. The molecule has 2 aromatic rings. The molecule has 22 heavy (non-hydrogen) atoms. The monoisotopic (exact) mass is 386 g/mol. The van der Waals surface area contributed by atoms with Crippen molar-refractivity contribution >= 4 is 33.7 Å². The van der Waals surface area contributed by atoms with E-state index in [0.717, 1.165) is 15.4 Å². The second-order valence-electron chi connectivity index (χ2n) is 4.33. The van der Waals surface area contributed by atoms with Gasteiger partial charge in [0.2, 0.25) is 0 Å². The van der Waals surface area contributed by atoms with Gasteiger partial charge in [-0.3, -0.25) is 0 Å². The molecule has 0 aromatic heterocycles. The Morgan fingerprint density at radius 2 is 1.95 bits per heavy atom. The highest BCUT2D eigenvalue weighted by molar-refractivity contribution is 9.10. The van der Waals surface area contributed by atoms with Crippen molar-refractivity contribution in [3.05, 3.63) is 63.6 Å². The molecule has 0 spiro atoms. The van der Waals surface area contributed by atoms with Gasteiger partial charge in [-0.15, -0.1) is 11.8 Å². The molecule has 116 valence electrons. The van der Waals surface area contributed by atoms with Crippen LogP contribution in [0.5, 0.6) is 0 Å². The standard InChI is InChI=1S/C16H13BrF2O2S/c1-2-21-16(20)10-7-8-13(18)15(19)11(10)9-22-14-6-4-3-5-12(14)17/h3-8H,2,9H2,1H3. The van der Waals surface area contributed by atoms with E-state index < -0.39 is 17.6 Å². The summed E-state index contributed by atoms with van der Waals surface area (Å²) < 4.78 is 33.3. The SMILES string of the molecule is CCOC(=O)c1ccc(F)c(F)c1CSc1ccccc1Br. The Kier molecular flexibility index (Phi) is 5.97. The minimum Gasteiger partial charge on any atom is -0.462 e. The molecule has 0 atom stereocenters. The smallest absolute Gasteiger partial charge is 0.338 e. The Morgan fingerprint density at radius 3 is 2.64 bits per heavy atom. The largest absolute Gasteiger partial charge is 0.462 e. The van der Waals surface area contributed by atoms with Crippen LogP contribution >= 0.6 is 27.7 Å². The lowest BCUT2D eigenvalue weighted by molar-refractivity contribution is 0.0524. The summed E-state index contributed by atoms with van der Waals surface area (Å²) in [6.45, 7) is 1.84. The number of rotatable bonds is 5. The van der Waals surface area contributed by atoms with Gasteiger partial charge in [-0.1, -0.05) is 12.1 Å². The Balaban J connectivity index is 2.30. The van der Waals surface area contributed by atoms with Crippen LogP contribution in [0, 0.1) is 11.6 Å². The number of carbonyl (C=O) groups excluding carboxylic acids is 1. The molecular formula is C16H13BrF2O2S. The fraction of sp³-hybridized carbons (Fsp3) is 0.188. The molecule has 0 unspecified atom stereocenters. The molecule has 0 bridgehead atoms. The molecular weight excluding hydrogens is 374 g/mol. The van der Waals surface area contributed by atoms with Crippen LogP contribution < -0.4 is 0 Å². The van der Waals surface area contributed by atoms with Gasteiger partial charge in [0.05, 0.1) is 12.2 Å². The summed E-state index contributed by atoms with van der Waals surface area (Å²) in [6, 6.07) is 9.62. The van der Waals surface area contributed by atoms with Gasteiger partial charge in [0.1, 0.15) is 0 Å². The van der Waals surface area contributed by atoms with Crippen molar-refractivity contribution in [2.45, 2.75) is 17.6 Å². The molecule has 0 heterocycles. The van der Waals surface area contributed by atoms with E-state index in [4.69, 9.17) is 4.74 Å². The third kappa shape index (κ3) is 3.87. The molecule has 0 amide bonds. The number of ether oxygens (including phenoxy) is 1. The number of halogens is 3. The Hall–Kier alpha value is -1.40. The molecule has 0 aliphatic heterocycles. The lowest BCUT2D eigenvalue weighted by Gasteiger charge is -2.11. The first-order chi connectivity index (χ1) is 10.5. The van der Waals surface area contributed by atoms with Gasteiger partial charge in [-0.05, 0) is 47.1 Å². The Bertz CT molecular complexity index is 692. The minimum absolute atomic E-state index is 0.0132. The zero-order valence-corrected chi connectivity index (χ0v) is 14.1. The fourth-order valence-electron chi connectivity index (χ4n) is 1.85. The van der Waals surface area contributed by atoms with Crippen LogP contribution in [0.2, 0.25) is 0 Å². The molecule has 0 saturated heterocycles. The van der Waals surface area contributed by atoms with Crippen LogP contribution in [0.1, 0.15) is 22.8 Å². The molecule has 2 rings (SSSR count). The summed E-state index contributed by atoms with van der Waals surface area (Å²) in [4.78, 5) is 12.8. The number of carbonyl (C=O) groups is 1. The minimum atomic E-state index is -1.01. The van der Waals surface area contributed by atoms with Gasteiger partial charge in [-0.2, -0.15) is 0 Å². The van der Waals surface area contributed by atoms with Gasteiger partial charge in [0, 0.05) is 20.7 Å². The molecule has 0 aliphatic carbocycles. The van der Waals surface area contributed by atoms with Crippen molar-refractivity contribution in [3.63, 3.8) is 0 Å². The Morgan fingerprint density at radius 1 is 1.23 bits per heavy atom. The summed E-state index contributed by atoms with van der Waals surface area (Å²) in [6.07, 6.45) is 0. The zero-order chi connectivity index (χ0) is 16.1. The molecule has 0 fully saturated rings. The lowest BCUT2D eigenvalue weighted by atomic mass is 10.1. The summed E-state index contributed by atoms with van der Waals surface area (Å²) in [5.41, 5.74) is 0.0690. The van der Waals surface area contributed by atoms with E-state index in [9.17, 15) is 13.6 Å². The van der Waals surface area contributed by atoms with Gasteiger partial charge in [-0.25, -0.2) is 13.6 Å². The fourth-order valence-corrected chi connectivity index (χ4v) is 3.44. The maximum absolute atomic E-state index is 14.1. The third-order valence-corrected chi connectivity index (χ3v) is 4.95. The molecule has 6 heteroatoms. The molecule has 0 radical (unpaired) electrons. The zero-order valence-electron chi connectivity index (χ0n) is 11.7. The van der Waals surface area contributed by atoms with E-state index in [1.807, 2.05) is 24.3 Å². The maximum atomic E-state index is 14.1. The van der Waals surface area contributed by atoms with Gasteiger partial charge in [0.15, 0.2) is 11.6 Å². The van der Waals surface area contributed by atoms with Crippen molar-refractivity contribution in [2.75, 3.05) is 6.61 Å². The first-order valence-corrected chi connectivity index (χ1v) is 8.33. The van der Waals surface area contributed by atoms with E-state index >= 15 is 0 Å². The number of benzene rings is 2. The molecule has 0 saturated carbocycles. The van der Waals surface area contributed by atoms with Crippen molar-refractivity contribution in [1.82, 2.24) is 0 Å². The second kappa shape index (κ2) is 7.74. The maximum Gasteiger partial charge on any atom is 0.338 e. The predicted octanol–water partition coefficient (Wildman–Crippen LogP) is 5.20. The number of esters is 1. The van der Waals surface area contributed by atoms with Crippen molar-refractivity contribution in [3.8, 4) is 0 Å². The highest BCUT2D eigenvalue weighted by Crippen LogP contribution is 2.32. The quantitative estimate of drug-likeness (QED) is 0.521. The van der Waals surface area contributed by atoms with E-state index in [2.05, 4.69) is 15.9 Å². The van der Waals surface area contributed by atoms with Crippen LogP contribution in [-0.2, 0) is 10.5 Å². The summed E-state index contributed by atoms with van der Waals surface area (Å²) in [5, 5.41) is 0. The van der Waals surface area contributed by atoms with Crippen LogP contribution in [0.4, 0.5) is 8.78 Å². The number of thioether (sulfide) groups is 1. The molecule has 0 aliphatic rings. The average Bonchev–Trinajstić information content (AvgIpc) is 2.50. The van der Waals surface area contributed by atoms with Crippen LogP contribution in [-0.4, -0.2) is 12.6 Å². The lowest BCUT2D eigenvalue weighted by Crippen LogP contribution is -2.10. The van der Waals surface area contributed by atoms with Crippen molar-refractivity contribution in [2.24, 2.45) is 0 Å². The van der Waals surface area contributed by atoms with Crippen LogP contribution in [0.15, 0.2) is 45.8 Å². The van der Waals surface area contributed by atoms with Crippen LogP contribution in [0.3, 0.4) is 0 Å². The van der Waals surface area contributed by atoms with E-state index in [1.54, 1.807) is 6.92 Å². The van der Waals surface area contributed by atoms with Gasteiger partial charge < -0.3 is 4.74 Å². The summed E-state index contributed by atoms with van der Waals surface area (Å²) >= 11 is 4.71. The first kappa shape index (κ1) is 17.0. The predicted molar refractivity (Wildman–Crippen MR) is 86.0 cm³/mol. The highest BCUT2D eigenvalue weighted by Gasteiger charge is 2.20. The number of hydrogen-bond donors (Lipinski definition) is 0. The van der Waals surface area contributed by atoms with Crippen molar-refractivity contribution in [1.29, 1.82) is 0 Å². The second-order valence-corrected chi connectivity index (χ2v) is 6.20. The molecule has 2 nitrogen and oxygen atoms in total.